The van der Waals surface area contributed by atoms with Crippen LogP contribution in [0.2, 0.25) is 5.02 Å². The molecule has 2 amide bonds. The largest absolute Gasteiger partial charge is 0.342 e. The van der Waals surface area contributed by atoms with Gasteiger partial charge in [-0.15, -0.1) is 10.2 Å². The molecule has 0 bridgehead atoms. The first-order valence-corrected chi connectivity index (χ1v) is 10.7. The zero-order chi connectivity index (χ0) is 21.7. The number of thioether (sulfide) groups is 1. The Morgan fingerprint density at radius 2 is 1.83 bits per heavy atom. The van der Waals surface area contributed by atoms with Gasteiger partial charge in [0.25, 0.3) is 5.91 Å². The van der Waals surface area contributed by atoms with Crippen LogP contribution in [0.1, 0.15) is 34.7 Å². The number of rotatable bonds is 7. The summed E-state index contributed by atoms with van der Waals surface area (Å²) in [5.74, 6) is 0.462. The number of hydrogen-bond donors (Lipinski definition) is 2. The predicted molar refractivity (Wildman–Crippen MR) is 119 cm³/mol. The van der Waals surface area contributed by atoms with Crippen molar-refractivity contribution in [3.05, 3.63) is 70.5 Å². The number of benzene rings is 2. The van der Waals surface area contributed by atoms with Crippen LogP contribution >= 0.6 is 23.4 Å². The molecule has 0 fully saturated rings. The van der Waals surface area contributed by atoms with Crippen molar-refractivity contribution in [2.24, 2.45) is 7.05 Å². The zero-order valence-electron chi connectivity index (χ0n) is 16.8. The Morgan fingerprint density at radius 1 is 1.13 bits per heavy atom. The Kier molecular flexibility index (Phi) is 7.12. The van der Waals surface area contributed by atoms with E-state index < -0.39 is 0 Å². The molecule has 0 saturated carbocycles. The summed E-state index contributed by atoms with van der Waals surface area (Å²) >= 11 is 7.12. The van der Waals surface area contributed by atoms with Crippen LogP contribution in [-0.2, 0) is 11.8 Å². The monoisotopic (exact) mass is 443 g/mol. The van der Waals surface area contributed by atoms with Crippen molar-refractivity contribution in [2.75, 3.05) is 11.1 Å². The van der Waals surface area contributed by atoms with Crippen LogP contribution in [-0.4, -0.2) is 32.3 Å². The molecular formula is C21H22ClN5O2S. The third-order valence-corrected chi connectivity index (χ3v) is 5.73. The molecule has 2 N–H and O–H groups in total. The molecule has 0 aliphatic heterocycles. The molecule has 0 aliphatic carbocycles. The molecule has 0 unspecified atom stereocenters. The zero-order valence-corrected chi connectivity index (χ0v) is 18.4. The highest BCUT2D eigenvalue weighted by molar-refractivity contribution is 7.99. The van der Waals surface area contributed by atoms with Gasteiger partial charge in [-0.05, 0) is 49.7 Å². The predicted octanol–water partition coefficient (Wildman–Crippen LogP) is 4.00. The smallest absolute Gasteiger partial charge is 0.252 e. The average molecular weight is 444 g/mol. The third kappa shape index (κ3) is 5.40. The van der Waals surface area contributed by atoms with Crippen LogP contribution in [0.25, 0.3) is 0 Å². The van der Waals surface area contributed by atoms with Gasteiger partial charge >= 0.3 is 0 Å². The average Bonchev–Trinajstić information content (AvgIpc) is 3.09. The summed E-state index contributed by atoms with van der Waals surface area (Å²) in [7, 11) is 1.81. The number of amides is 2. The molecular weight excluding hydrogens is 422 g/mol. The molecule has 9 heteroatoms. The second-order valence-electron chi connectivity index (χ2n) is 6.75. The number of halogens is 1. The molecule has 1 aromatic heterocycles. The number of hydrogen-bond acceptors (Lipinski definition) is 5. The number of nitrogens with one attached hydrogen (secondary N) is 2. The van der Waals surface area contributed by atoms with Gasteiger partial charge in [-0.2, -0.15) is 0 Å². The Labute approximate surface area is 184 Å². The van der Waals surface area contributed by atoms with Crippen molar-refractivity contribution in [3.8, 4) is 0 Å². The maximum absolute atomic E-state index is 12.5. The number of anilines is 1. The summed E-state index contributed by atoms with van der Waals surface area (Å²) in [5.41, 5.74) is 2.21. The summed E-state index contributed by atoms with van der Waals surface area (Å²) in [6, 6.07) is 14.0. The van der Waals surface area contributed by atoms with Gasteiger partial charge in [0.15, 0.2) is 11.0 Å². The lowest BCUT2D eigenvalue weighted by Crippen LogP contribution is -2.29. The lowest BCUT2D eigenvalue weighted by molar-refractivity contribution is -0.113. The van der Waals surface area contributed by atoms with Gasteiger partial charge in [-0.3, -0.25) is 9.59 Å². The SMILES string of the molecule is Cc1ccccc1C(=O)N[C@@H](C)c1nnc(SCC(=O)Nc2ccc(Cl)cc2)n1C. The lowest BCUT2D eigenvalue weighted by atomic mass is 10.1. The minimum atomic E-state index is -0.341. The molecule has 156 valence electrons. The van der Waals surface area contributed by atoms with Gasteiger partial charge in [-0.1, -0.05) is 41.6 Å². The summed E-state index contributed by atoms with van der Waals surface area (Å²) < 4.78 is 1.78. The molecule has 2 aromatic carbocycles. The van der Waals surface area contributed by atoms with Crippen molar-refractivity contribution in [1.29, 1.82) is 0 Å². The number of aromatic nitrogens is 3. The molecule has 7 nitrogen and oxygen atoms in total. The maximum atomic E-state index is 12.5. The first-order chi connectivity index (χ1) is 14.3. The van der Waals surface area contributed by atoms with Crippen LogP contribution in [0.4, 0.5) is 5.69 Å². The second-order valence-corrected chi connectivity index (χ2v) is 8.13. The van der Waals surface area contributed by atoms with Crippen LogP contribution in [0.15, 0.2) is 53.7 Å². The quantitative estimate of drug-likeness (QED) is 0.539. The van der Waals surface area contributed by atoms with Gasteiger partial charge in [0, 0.05) is 23.3 Å². The minimum absolute atomic E-state index is 0.159. The van der Waals surface area contributed by atoms with E-state index in [0.29, 0.717) is 27.3 Å². The molecule has 0 saturated heterocycles. The number of nitrogens with zero attached hydrogens (tertiary/aromatic N) is 3. The maximum Gasteiger partial charge on any atom is 0.252 e. The van der Waals surface area contributed by atoms with Crippen molar-refractivity contribution in [3.63, 3.8) is 0 Å². The molecule has 0 spiro atoms. The summed E-state index contributed by atoms with van der Waals surface area (Å²) in [4.78, 5) is 24.7. The third-order valence-electron chi connectivity index (χ3n) is 4.45. The molecule has 1 atom stereocenters. The van der Waals surface area contributed by atoms with E-state index in [1.807, 2.05) is 39.1 Å². The van der Waals surface area contributed by atoms with E-state index in [9.17, 15) is 9.59 Å². The van der Waals surface area contributed by atoms with Gasteiger partial charge in [0.05, 0.1) is 11.8 Å². The minimum Gasteiger partial charge on any atom is -0.342 e. The molecule has 1 heterocycles. The Morgan fingerprint density at radius 3 is 2.53 bits per heavy atom. The molecule has 0 aliphatic rings. The highest BCUT2D eigenvalue weighted by Crippen LogP contribution is 2.20. The van der Waals surface area contributed by atoms with Gasteiger partial charge in [0.2, 0.25) is 5.91 Å². The Balaban J connectivity index is 1.58. The standard InChI is InChI=1S/C21H22ClN5O2S/c1-13-6-4-5-7-17(13)20(29)23-14(2)19-25-26-21(27(19)3)30-12-18(28)24-16-10-8-15(22)9-11-16/h4-11,14H,12H2,1-3H3,(H,23,29)(H,24,28)/t14-/m0/s1. The lowest BCUT2D eigenvalue weighted by Gasteiger charge is -2.14. The first kappa shape index (κ1) is 21.9. The van der Waals surface area contributed by atoms with Crippen molar-refractivity contribution in [2.45, 2.75) is 25.0 Å². The fourth-order valence-corrected chi connectivity index (χ4v) is 3.70. The van der Waals surface area contributed by atoms with E-state index in [4.69, 9.17) is 11.6 Å². The second kappa shape index (κ2) is 9.77. The Bertz CT molecular complexity index is 1050. The Hall–Kier alpha value is -2.84. The van der Waals surface area contributed by atoms with Crippen LogP contribution in [0.5, 0.6) is 0 Å². The fraction of sp³-hybridized carbons (Fsp3) is 0.238. The fourth-order valence-electron chi connectivity index (χ4n) is 2.86. The summed E-state index contributed by atoms with van der Waals surface area (Å²) in [5, 5.41) is 15.3. The van der Waals surface area contributed by atoms with Crippen molar-refractivity contribution < 1.29 is 9.59 Å². The van der Waals surface area contributed by atoms with Gasteiger partial charge in [0.1, 0.15) is 0 Å². The van der Waals surface area contributed by atoms with E-state index >= 15 is 0 Å². The normalized spacial score (nSPS) is 11.7. The van der Waals surface area contributed by atoms with E-state index in [1.165, 1.54) is 11.8 Å². The molecule has 0 radical (unpaired) electrons. The highest BCUT2D eigenvalue weighted by Gasteiger charge is 2.19. The number of aryl methyl sites for hydroxylation is 1. The van der Waals surface area contributed by atoms with E-state index in [-0.39, 0.29) is 23.6 Å². The van der Waals surface area contributed by atoms with Crippen molar-refractivity contribution in [1.82, 2.24) is 20.1 Å². The van der Waals surface area contributed by atoms with E-state index in [0.717, 1.165) is 5.56 Å². The van der Waals surface area contributed by atoms with E-state index in [1.54, 1.807) is 34.9 Å². The van der Waals surface area contributed by atoms with Gasteiger partial charge in [-0.25, -0.2) is 0 Å². The van der Waals surface area contributed by atoms with Crippen molar-refractivity contribution >= 4 is 40.9 Å². The van der Waals surface area contributed by atoms with Crippen LogP contribution in [0, 0.1) is 6.92 Å². The summed E-state index contributed by atoms with van der Waals surface area (Å²) in [6.45, 7) is 3.74. The van der Waals surface area contributed by atoms with E-state index in [2.05, 4.69) is 20.8 Å². The van der Waals surface area contributed by atoms with Crippen LogP contribution < -0.4 is 10.6 Å². The molecule has 30 heavy (non-hydrogen) atoms. The van der Waals surface area contributed by atoms with Crippen LogP contribution in [0.3, 0.4) is 0 Å². The molecule has 3 aromatic rings. The number of carbonyl (C=O) groups is 2. The first-order valence-electron chi connectivity index (χ1n) is 9.29. The summed E-state index contributed by atoms with van der Waals surface area (Å²) in [6.07, 6.45) is 0. The highest BCUT2D eigenvalue weighted by atomic mass is 35.5. The molecule has 3 rings (SSSR count). The topological polar surface area (TPSA) is 88.9 Å². The number of carbonyl (C=O) groups excluding carboxylic acids is 2. The van der Waals surface area contributed by atoms with Gasteiger partial charge < -0.3 is 15.2 Å².